The Bertz CT molecular complexity index is 1610. The van der Waals surface area contributed by atoms with E-state index in [1.807, 2.05) is 24.3 Å². The van der Waals surface area contributed by atoms with Crippen molar-refractivity contribution < 1.29 is 28.2 Å². The summed E-state index contributed by atoms with van der Waals surface area (Å²) in [6.07, 6.45) is 0.575. The van der Waals surface area contributed by atoms with Crippen LogP contribution in [0.5, 0.6) is 17.2 Å². The van der Waals surface area contributed by atoms with Crippen molar-refractivity contribution in [3.63, 3.8) is 0 Å². The Balaban J connectivity index is 1.30. The lowest BCUT2D eigenvalue weighted by molar-refractivity contribution is -0.121. The number of nitrogens with one attached hydrogen (secondary N) is 1. The molecule has 0 atom stereocenters. The summed E-state index contributed by atoms with van der Waals surface area (Å²) in [6.45, 7) is 0.651. The normalized spacial score (nSPS) is 11.9. The Morgan fingerprint density at radius 2 is 1.80 bits per heavy atom. The van der Waals surface area contributed by atoms with Gasteiger partial charge in [0.05, 0.1) is 23.8 Å². The van der Waals surface area contributed by atoms with Crippen molar-refractivity contribution >= 4 is 34.4 Å². The highest BCUT2D eigenvalue weighted by atomic mass is 32.2. The first kappa shape index (κ1) is 27.2. The third kappa shape index (κ3) is 6.26. The van der Waals surface area contributed by atoms with Gasteiger partial charge in [0.15, 0.2) is 22.4 Å². The van der Waals surface area contributed by atoms with Gasteiger partial charge < -0.3 is 19.5 Å². The second-order valence-corrected chi connectivity index (χ2v) is 9.96. The third-order valence-electron chi connectivity index (χ3n) is 6.35. The second kappa shape index (κ2) is 12.2. The quantitative estimate of drug-likeness (QED) is 0.163. The molecule has 1 aromatic heterocycles. The molecule has 11 heteroatoms. The van der Waals surface area contributed by atoms with Crippen LogP contribution < -0.4 is 25.1 Å². The maximum atomic E-state index is 13.5. The fourth-order valence-corrected chi connectivity index (χ4v) is 5.10. The van der Waals surface area contributed by atoms with Crippen LogP contribution in [0.25, 0.3) is 10.9 Å². The van der Waals surface area contributed by atoms with Crippen molar-refractivity contribution in [3.8, 4) is 17.2 Å². The monoisotopic (exact) mass is 563 g/mol. The van der Waals surface area contributed by atoms with E-state index in [1.165, 1.54) is 28.8 Å². The van der Waals surface area contributed by atoms with Gasteiger partial charge in [-0.25, -0.2) is 9.37 Å². The standard InChI is InChI=1S/C29H26FN3O6S/c1-37-21-10-4-18(5-11-21)15-31-27(35)3-2-12-33-28(36)22-13-25-26(39-17-38-25)14-23(22)32-29(33)40-16-24(34)19-6-8-20(30)9-7-19/h4-11,13-14H,2-3,12,15-17H2,1H3,(H,31,35). The summed E-state index contributed by atoms with van der Waals surface area (Å²) >= 11 is 1.11. The number of rotatable bonds is 11. The number of Topliss-reactive ketones (excluding diaryl/α,β-unsaturated/α-hetero) is 1. The Kier molecular flexibility index (Phi) is 8.30. The summed E-state index contributed by atoms with van der Waals surface area (Å²) in [6, 6.07) is 15.9. The van der Waals surface area contributed by atoms with Crippen molar-refractivity contribution in [2.45, 2.75) is 31.1 Å². The number of fused-ring (bicyclic) bond motifs is 2. The third-order valence-corrected chi connectivity index (χ3v) is 7.32. The molecule has 1 amide bonds. The minimum absolute atomic E-state index is 0.00349. The van der Waals surface area contributed by atoms with E-state index in [-0.39, 0.29) is 42.8 Å². The SMILES string of the molecule is COc1ccc(CNC(=O)CCCn2c(SCC(=O)c3ccc(F)cc3)nc3cc4c(cc3c2=O)OCO4)cc1. The van der Waals surface area contributed by atoms with E-state index in [0.717, 1.165) is 23.1 Å². The average molecular weight is 564 g/mol. The van der Waals surface area contributed by atoms with Gasteiger partial charge in [-0.05, 0) is 54.4 Å². The summed E-state index contributed by atoms with van der Waals surface area (Å²) in [5.41, 5.74) is 1.41. The van der Waals surface area contributed by atoms with Crippen LogP contribution in [0.1, 0.15) is 28.8 Å². The van der Waals surface area contributed by atoms with Crippen molar-refractivity contribution in [1.29, 1.82) is 0 Å². The Morgan fingerprint density at radius 1 is 1.07 bits per heavy atom. The lowest BCUT2D eigenvalue weighted by Gasteiger charge is -2.13. The molecule has 206 valence electrons. The lowest BCUT2D eigenvalue weighted by Crippen LogP contribution is -2.26. The molecule has 40 heavy (non-hydrogen) atoms. The highest BCUT2D eigenvalue weighted by Crippen LogP contribution is 2.35. The van der Waals surface area contributed by atoms with E-state index in [1.54, 1.807) is 19.2 Å². The fourth-order valence-electron chi connectivity index (χ4n) is 4.18. The predicted molar refractivity (Wildman–Crippen MR) is 148 cm³/mol. The molecule has 5 rings (SSSR count). The smallest absolute Gasteiger partial charge is 0.262 e. The predicted octanol–water partition coefficient (Wildman–Crippen LogP) is 4.34. The molecule has 1 aliphatic heterocycles. The number of carbonyl (C=O) groups is 2. The molecule has 0 spiro atoms. The Morgan fingerprint density at radius 3 is 2.52 bits per heavy atom. The van der Waals surface area contributed by atoms with Gasteiger partial charge >= 0.3 is 0 Å². The summed E-state index contributed by atoms with van der Waals surface area (Å²) in [5, 5.41) is 3.57. The van der Waals surface area contributed by atoms with Crippen molar-refractivity contribution in [1.82, 2.24) is 14.9 Å². The van der Waals surface area contributed by atoms with Gasteiger partial charge in [0.1, 0.15) is 11.6 Å². The number of hydrogen-bond acceptors (Lipinski definition) is 8. The number of ketones is 1. The van der Waals surface area contributed by atoms with Crippen LogP contribution in [0.3, 0.4) is 0 Å². The number of halogens is 1. The molecule has 4 aromatic rings. The molecule has 0 radical (unpaired) electrons. The molecule has 0 saturated heterocycles. The van der Waals surface area contributed by atoms with Crippen LogP contribution in [-0.4, -0.2) is 40.9 Å². The van der Waals surface area contributed by atoms with E-state index in [0.29, 0.717) is 46.1 Å². The zero-order valence-electron chi connectivity index (χ0n) is 21.6. The van der Waals surface area contributed by atoms with Crippen LogP contribution in [0, 0.1) is 5.82 Å². The highest BCUT2D eigenvalue weighted by Gasteiger charge is 2.20. The second-order valence-electron chi connectivity index (χ2n) is 9.02. The number of ether oxygens (including phenoxy) is 3. The van der Waals surface area contributed by atoms with Gasteiger partial charge in [0.25, 0.3) is 5.56 Å². The Hall–Kier alpha value is -4.38. The van der Waals surface area contributed by atoms with Crippen molar-refractivity contribution in [3.05, 3.63) is 88.0 Å². The zero-order chi connectivity index (χ0) is 28.1. The first-order chi connectivity index (χ1) is 19.4. The molecule has 2 heterocycles. The number of benzene rings is 3. The van der Waals surface area contributed by atoms with Gasteiger partial charge in [0.2, 0.25) is 12.7 Å². The largest absolute Gasteiger partial charge is 0.497 e. The minimum atomic E-state index is -0.430. The van der Waals surface area contributed by atoms with E-state index >= 15 is 0 Å². The van der Waals surface area contributed by atoms with E-state index < -0.39 is 5.82 Å². The number of amides is 1. The van der Waals surface area contributed by atoms with Crippen LogP contribution in [0.15, 0.2) is 70.6 Å². The molecule has 3 aromatic carbocycles. The van der Waals surface area contributed by atoms with Crippen LogP contribution >= 0.6 is 11.8 Å². The molecule has 0 bridgehead atoms. The summed E-state index contributed by atoms with van der Waals surface area (Å²) in [5.74, 6) is 0.877. The molecule has 0 unspecified atom stereocenters. The number of aromatic nitrogens is 2. The van der Waals surface area contributed by atoms with Crippen LogP contribution in [-0.2, 0) is 17.9 Å². The fraction of sp³-hybridized carbons (Fsp3) is 0.241. The number of nitrogens with zero attached hydrogens (tertiary/aromatic N) is 2. The molecular weight excluding hydrogens is 537 g/mol. The van der Waals surface area contributed by atoms with Crippen LogP contribution in [0.2, 0.25) is 0 Å². The molecule has 0 saturated carbocycles. The summed E-state index contributed by atoms with van der Waals surface area (Å²) in [4.78, 5) is 43.4. The number of carbonyl (C=O) groups excluding carboxylic acids is 2. The van der Waals surface area contributed by atoms with Gasteiger partial charge in [-0.1, -0.05) is 23.9 Å². The number of methoxy groups -OCH3 is 1. The van der Waals surface area contributed by atoms with E-state index in [9.17, 15) is 18.8 Å². The maximum Gasteiger partial charge on any atom is 0.262 e. The Labute approximate surface area is 233 Å². The van der Waals surface area contributed by atoms with Gasteiger partial charge in [-0.3, -0.25) is 19.0 Å². The maximum absolute atomic E-state index is 13.5. The highest BCUT2D eigenvalue weighted by molar-refractivity contribution is 7.99. The number of hydrogen-bond donors (Lipinski definition) is 1. The average Bonchev–Trinajstić information content (AvgIpc) is 3.43. The first-order valence-corrected chi connectivity index (χ1v) is 13.6. The molecule has 9 nitrogen and oxygen atoms in total. The zero-order valence-corrected chi connectivity index (χ0v) is 22.5. The molecule has 0 aliphatic carbocycles. The van der Waals surface area contributed by atoms with E-state index in [2.05, 4.69) is 10.3 Å². The first-order valence-electron chi connectivity index (χ1n) is 12.6. The molecule has 1 N–H and O–H groups in total. The molecule has 1 aliphatic rings. The van der Waals surface area contributed by atoms with E-state index in [4.69, 9.17) is 14.2 Å². The minimum Gasteiger partial charge on any atom is -0.497 e. The molecule has 0 fully saturated rings. The summed E-state index contributed by atoms with van der Waals surface area (Å²) in [7, 11) is 1.59. The summed E-state index contributed by atoms with van der Waals surface area (Å²) < 4.78 is 30.7. The van der Waals surface area contributed by atoms with Crippen LogP contribution in [0.4, 0.5) is 4.39 Å². The lowest BCUT2D eigenvalue weighted by atomic mass is 10.1. The van der Waals surface area contributed by atoms with Crippen molar-refractivity contribution in [2.24, 2.45) is 0 Å². The van der Waals surface area contributed by atoms with Gasteiger partial charge in [0, 0.05) is 31.1 Å². The van der Waals surface area contributed by atoms with Gasteiger partial charge in [-0.15, -0.1) is 0 Å². The topological polar surface area (TPSA) is 109 Å². The number of thioether (sulfide) groups is 1. The molecular formula is C29H26FN3O6S. The van der Waals surface area contributed by atoms with Gasteiger partial charge in [-0.2, -0.15) is 0 Å². The van der Waals surface area contributed by atoms with Crippen molar-refractivity contribution in [2.75, 3.05) is 19.7 Å².